The quantitative estimate of drug-likeness (QED) is 0.736. The molecule has 3 heterocycles. The van der Waals surface area contributed by atoms with E-state index in [0.29, 0.717) is 29.6 Å². The Kier molecular flexibility index (Phi) is 4.10. The Hall–Kier alpha value is -3.26. The maximum atomic E-state index is 12.4. The lowest BCUT2D eigenvalue weighted by atomic mass is 10.1. The van der Waals surface area contributed by atoms with Gasteiger partial charge in [0.15, 0.2) is 0 Å². The third kappa shape index (κ3) is 3.02. The van der Waals surface area contributed by atoms with Crippen LogP contribution in [0.25, 0.3) is 11.4 Å². The smallest absolute Gasteiger partial charge is 0.270 e. The molecule has 0 fully saturated rings. The van der Waals surface area contributed by atoms with Gasteiger partial charge in [-0.1, -0.05) is 17.3 Å². The summed E-state index contributed by atoms with van der Waals surface area (Å²) in [6.07, 6.45) is 1.50. The Balaban J connectivity index is 1.53. The molecule has 1 atom stereocenters. The highest BCUT2D eigenvalue weighted by atomic mass is 16.5. The van der Waals surface area contributed by atoms with Crippen molar-refractivity contribution in [3.8, 4) is 17.1 Å². The average molecular weight is 352 g/mol. The molecular weight excluding hydrogens is 336 g/mol. The molecule has 0 aliphatic carbocycles. The fourth-order valence-electron chi connectivity index (χ4n) is 2.81. The minimum absolute atomic E-state index is 0.142. The van der Waals surface area contributed by atoms with Crippen molar-refractivity contribution in [2.24, 2.45) is 0 Å². The van der Waals surface area contributed by atoms with Gasteiger partial charge in [0.05, 0.1) is 12.6 Å². The van der Waals surface area contributed by atoms with Crippen molar-refractivity contribution in [3.63, 3.8) is 0 Å². The summed E-state index contributed by atoms with van der Waals surface area (Å²) in [6.45, 7) is 1.91. The van der Waals surface area contributed by atoms with Gasteiger partial charge in [0.1, 0.15) is 18.1 Å². The van der Waals surface area contributed by atoms with Gasteiger partial charge in [-0.25, -0.2) is 0 Å². The molecule has 0 unspecified atom stereocenters. The highest BCUT2D eigenvalue weighted by Crippen LogP contribution is 2.35. The Morgan fingerprint density at radius 1 is 1.35 bits per heavy atom. The van der Waals surface area contributed by atoms with Crippen LogP contribution in [0.4, 0.5) is 0 Å². The fourth-order valence-corrected chi connectivity index (χ4v) is 2.81. The van der Waals surface area contributed by atoms with Crippen LogP contribution in [0.3, 0.4) is 0 Å². The van der Waals surface area contributed by atoms with E-state index in [1.165, 1.54) is 6.20 Å². The monoisotopic (exact) mass is 352 g/mol. The molecule has 2 aromatic heterocycles. The number of rotatable bonds is 4. The van der Waals surface area contributed by atoms with Crippen molar-refractivity contribution >= 4 is 5.91 Å². The molecule has 2 N–H and O–H groups in total. The molecule has 8 nitrogen and oxygen atoms in total. The molecule has 0 bridgehead atoms. The second-order valence-electron chi connectivity index (χ2n) is 5.93. The largest absolute Gasteiger partial charge is 0.491 e. The SMILES string of the molecule is Cc1nc(-c2ccc3c(c2)OC[C@H]3NC(=O)c2cc(CO)ccn2)no1. The maximum absolute atomic E-state index is 12.4. The third-order valence-corrected chi connectivity index (χ3v) is 4.13. The maximum Gasteiger partial charge on any atom is 0.270 e. The summed E-state index contributed by atoms with van der Waals surface area (Å²) in [5, 5.41) is 16.0. The molecular formula is C18H16N4O4. The topological polar surface area (TPSA) is 110 Å². The Labute approximate surface area is 148 Å². The first-order chi connectivity index (χ1) is 12.6. The van der Waals surface area contributed by atoms with E-state index in [1.54, 1.807) is 19.1 Å². The number of hydrogen-bond donors (Lipinski definition) is 2. The number of aryl methyl sites for hydroxylation is 1. The van der Waals surface area contributed by atoms with Crippen molar-refractivity contribution in [1.82, 2.24) is 20.4 Å². The molecule has 1 aliphatic heterocycles. The molecule has 1 aliphatic rings. The van der Waals surface area contributed by atoms with Crippen LogP contribution in [0.2, 0.25) is 0 Å². The number of ether oxygens (including phenoxy) is 1. The van der Waals surface area contributed by atoms with Crippen LogP contribution in [0.15, 0.2) is 41.1 Å². The Bertz CT molecular complexity index is 969. The summed E-state index contributed by atoms with van der Waals surface area (Å²) >= 11 is 0. The summed E-state index contributed by atoms with van der Waals surface area (Å²) in [5.74, 6) is 1.34. The van der Waals surface area contributed by atoms with E-state index in [4.69, 9.17) is 9.26 Å². The summed E-state index contributed by atoms with van der Waals surface area (Å²) in [4.78, 5) is 20.7. The van der Waals surface area contributed by atoms with Crippen molar-refractivity contribution in [3.05, 3.63) is 59.2 Å². The van der Waals surface area contributed by atoms with Crippen LogP contribution in [0, 0.1) is 6.92 Å². The van der Waals surface area contributed by atoms with Crippen LogP contribution >= 0.6 is 0 Å². The normalized spacial score (nSPS) is 15.4. The van der Waals surface area contributed by atoms with Gasteiger partial charge in [0, 0.05) is 24.2 Å². The number of aliphatic hydroxyl groups is 1. The fraction of sp³-hybridized carbons (Fsp3) is 0.222. The van der Waals surface area contributed by atoms with Crippen molar-refractivity contribution in [2.75, 3.05) is 6.61 Å². The van der Waals surface area contributed by atoms with Gasteiger partial charge in [0.25, 0.3) is 5.91 Å². The molecule has 0 spiro atoms. The zero-order valence-electron chi connectivity index (χ0n) is 14.0. The zero-order chi connectivity index (χ0) is 18.1. The third-order valence-electron chi connectivity index (χ3n) is 4.13. The van der Waals surface area contributed by atoms with Gasteiger partial charge in [-0.3, -0.25) is 9.78 Å². The molecule has 0 saturated carbocycles. The molecule has 132 valence electrons. The highest BCUT2D eigenvalue weighted by molar-refractivity contribution is 5.92. The summed E-state index contributed by atoms with van der Waals surface area (Å²) in [7, 11) is 0. The number of fused-ring (bicyclic) bond motifs is 1. The lowest BCUT2D eigenvalue weighted by Crippen LogP contribution is -2.30. The standard InChI is InChI=1S/C18H16N4O4/c1-10-20-17(22-26-10)12-2-3-13-15(9-25-16(13)7-12)21-18(24)14-6-11(8-23)4-5-19-14/h2-7,15,23H,8-9H2,1H3,(H,21,24)/t15-/m1/s1. The van der Waals surface area contributed by atoms with E-state index in [2.05, 4.69) is 20.4 Å². The predicted molar refractivity (Wildman–Crippen MR) is 90.3 cm³/mol. The van der Waals surface area contributed by atoms with Crippen LogP contribution in [0.5, 0.6) is 5.75 Å². The molecule has 0 saturated heterocycles. The summed E-state index contributed by atoms with van der Waals surface area (Å²) < 4.78 is 10.7. The minimum Gasteiger partial charge on any atom is -0.491 e. The second-order valence-corrected chi connectivity index (χ2v) is 5.93. The van der Waals surface area contributed by atoms with Crippen LogP contribution in [0.1, 0.15) is 33.5 Å². The van der Waals surface area contributed by atoms with E-state index < -0.39 is 0 Å². The van der Waals surface area contributed by atoms with E-state index in [1.807, 2.05) is 18.2 Å². The average Bonchev–Trinajstić information content (AvgIpc) is 3.28. The van der Waals surface area contributed by atoms with Gasteiger partial charge >= 0.3 is 0 Å². The Morgan fingerprint density at radius 3 is 3.00 bits per heavy atom. The molecule has 0 radical (unpaired) electrons. The minimum atomic E-state index is -0.320. The van der Waals surface area contributed by atoms with Crippen LogP contribution < -0.4 is 10.1 Å². The zero-order valence-corrected chi connectivity index (χ0v) is 14.0. The first-order valence-electron chi connectivity index (χ1n) is 8.08. The summed E-state index contributed by atoms with van der Waals surface area (Å²) in [6, 6.07) is 8.52. The molecule has 26 heavy (non-hydrogen) atoms. The van der Waals surface area contributed by atoms with E-state index in [0.717, 1.165) is 11.1 Å². The van der Waals surface area contributed by atoms with Gasteiger partial charge in [0.2, 0.25) is 11.7 Å². The number of carbonyl (C=O) groups excluding carboxylic acids is 1. The van der Waals surface area contributed by atoms with Gasteiger partial charge in [-0.15, -0.1) is 0 Å². The molecule has 8 heteroatoms. The number of aromatic nitrogens is 3. The predicted octanol–water partition coefficient (Wildman–Crippen LogP) is 1.80. The lowest BCUT2D eigenvalue weighted by molar-refractivity contribution is 0.0925. The van der Waals surface area contributed by atoms with Crippen LogP contribution in [-0.4, -0.2) is 32.7 Å². The van der Waals surface area contributed by atoms with Gasteiger partial charge in [-0.2, -0.15) is 4.98 Å². The number of pyridine rings is 1. The first-order valence-corrected chi connectivity index (χ1v) is 8.08. The molecule has 4 rings (SSSR count). The molecule has 1 aromatic carbocycles. The van der Waals surface area contributed by atoms with Crippen LogP contribution in [-0.2, 0) is 6.61 Å². The molecule has 3 aromatic rings. The molecule has 1 amide bonds. The number of aliphatic hydroxyl groups excluding tert-OH is 1. The number of amides is 1. The summed E-state index contributed by atoms with van der Waals surface area (Å²) in [5.41, 5.74) is 2.54. The van der Waals surface area contributed by atoms with Gasteiger partial charge in [-0.05, 0) is 23.8 Å². The van der Waals surface area contributed by atoms with Crippen molar-refractivity contribution in [2.45, 2.75) is 19.6 Å². The lowest BCUT2D eigenvalue weighted by Gasteiger charge is -2.11. The van der Waals surface area contributed by atoms with Crippen molar-refractivity contribution in [1.29, 1.82) is 0 Å². The second kappa shape index (κ2) is 6.57. The first kappa shape index (κ1) is 16.2. The number of nitrogens with one attached hydrogen (secondary N) is 1. The number of benzene rings is 1. The highest BCUT2D eigenvalue weighted by Gasteiger charge is 2.27. The number of carbonyl (C=O) groups is 1. The van der Waals surface area contributed by atoms with Gasteiger partial charge < -0.3 is 19.7 Å². The number of nitrogens with zero attached hydrogens (tertiary/aromatic N) is 3. The van der Waals surface area contributed by atoms with E-state index in [9.17, 15) is 9.90 Å². The van der Waals surface area contributed by atoms with E-state index in [-0.39, 0.29) is 24.2 Å². The number of hydrogen-bond acceptors (Lipinski definition) is 7. The van der Waals surface area contributed by atoms with Crippen molar-refractivity contribution < 1.29 is 19.2 Å². The van der Waals surface area contributed by atoms with E-state index >= 15 is 0 Å². The Morgan fingerprint density at radius 2 is 2.23 bits per heavy atom.